The van der Waals surface area contributed by atoms with Crippen molar-refractivity contribution in [2.24, 2.45) is 10.5 Å². The van der Waals surface area contributed by atoms with Crippen LogP contribution >= 0.6 is 11.8 Å². The summed E-state index contributed by atoms with van der Waals surface area (Å²) in [6.45, 7) is 9.22. The van der Waals surface area contributed by atoms with E-state index in [0.717, 1.165) is 18.8 Å². The maximum atomic E-state index is 4.41. The normalized spacial score (nSPS) is 27.1. The third-order valence-electron chi connectivity index (χ3n) is 2.98. The van der Waals surface area contributed by atoms with Crippen molar-refractivity contribution in [1.82, 2.24) is 9.91 Å². The van der Waals surface area contributed by atoms with Crippen molar-refractivity contribution >= 4 is 18.0 Å². The Morgan fingerprint density at radius 2 is 2.20 bits per heavy atom. The fraction of sp³-hybridized carbons (Fsp3) is 0.727. The summed E-state index contributed by atoms with van der Waals surface area (Å²) in [6.07, 6.45) is 1.86. The van der Waals surface area contributed by atoms with E-state index in [0.29, 0.717) is 5.41 Å². The van der Waals surface area contributed by atoms with Gasteiger partial charge in [0.1, 0.15) is 0 Å². The zero-order chi connectivity index (χ0) is 10.9. The minimum atomic E-state index is 0.450. The molecule has 0 atom stereocenters. The molecule has 0 aromatic carbocycles. The zero-order valence-electron chi connectivity index (χ0n) is 9.57. The highest BCUT2D eigenvalue weighted by Gasteiger charge is 2.42. The third kappa shape index (κ3) is 2.21. The summed E-state index contributed by atoms with van der Waals surface area (Å²) >= 11 is 2.04. The molecule has 1 spiro atoms. The van der Waals surface area contributed by atoms with E-state index in [-0.39, 0.29) is 0 Å². The van der Waals surface area contributed by atoms with E-state index in [1.54, 1.807) is 0 Å². The number of hydrogen-bond donors (Lipinski definition) is 0. The van der Waals surface area contributed by atoms with Gasteiger partial charge in [0.05, 0.1) is 0 Å². The average Bonchev–Trinajstić information content (AvgIpc) is 2.24. The van der Waals surface area contributed by atoms with Gasteiger partial charge in [-0.2, -0.15) is 16.9 Å². The third-order valence-corrected chi connectivity index (χ3v) is 4.61. The summed E-state index contributed by atoms with van der Waals surface area (Å²) in [7, 11) is 2.18. The summed E-state index contributed by atoms with van der Waals surface area (Å²) in [5.41, 5.74) is 1.56. The Balaban J connectivity index is 2.15. The molecule has 0 aromatic rings. The molecule has 0 saturated carbocycles. The number of rotatable bonds is 1. The van der Waals surface area contributed by atoms with Crippen molar-refractivity contribution in [2.45, 2.75) is 6.92 Å². The standard InChI is InChI=1S/C11H19N3S/c1-4-12-14-7-11(8-15-9-11)6-13(3)5-10(14)2/h4H,2,5-9H2,1,3H3/b12-4-. The Labute approximate surface area is 96.2 Å². The van der Waals surface area contributed by atoms with Gasteiger partial charge in [0.15, 0.2) is 0 Å². The van der Waals surface area contributed by atoms with Gasteiger partial charge in [0, 0.05) is 48.5 Å². The van der Waals surface area contributed by atoms with Gasteiger partial charge in [-0.25, -0.2) is 0 Å². The molecule has 4 heteroatoms. The minimum absolute atomic E-state index is 0.450. The first-order valence-corrected chi connectivity index (χ1v) is 6.51. The predicted octanol–water partition coefficient (Wildman–Crippen LogP) is 1.49. The molecule has 0 N–H and O–H groups in total. The lowest BCUT2D eigenvalue weighted by Gasteiger charge is -2.43. The molecule has 0 aromatic heterocycles. The van der Waals surface area contributed by atoms with Crippen molar-refractivity contribution < 1.29 is 0 Å². The van der Waals surface area contributed by atoms with Gasteiger partial charge in [-0.15, -0.1) is 0 Å². The molecule has 0 amide bonds. The van der Waals surface area contributed by atoms with Crippen LogP contribution in [0.3, 0.4) is 0 Å². The lowest BCUT2D eigenvalue weighted by Crippen LogP contribution is -2.48. The second kappa shape index (κ2) is 4.18. The van der Waals surface area contributed by atoms with Crippen LogP contribution in [0.1, 0.15) is 6.92 Å². The molecule has 0 unspecified atom stereocenters. The van der Waals surface area contributed by atoms with E-state index in [1.165, 1.54) is 18.1 Å². The first-order chi connectivity index (χ1) is 7.15. The SMILES string of the molecule is C=C1CN(C)CC2(CSC2)CN1/N=C\C. The van der Waals surface area contributed by atoms with Gasteiger partial charge in [0.2, 0.25) is 0 Å². The highest BCUT2D eigenvalue weighted by molar-refractivity contribution is 8.00. The van der Waals surface area contributed by atoms with E-state index in [1.807, 2.05) is 24.9 Å². The highest BCUT2D eigenvalue weighted by Crippen LogP contribution is 2.41. The largest absolute Gasteiger partial charge is 0.300 e. The van der Waals surface area contributed by atoms with Crippen molar-refractivity contribution in [3.63, 3.8) is 0 Å². The van der Waals surface area contributed by atoms with Crippen LogP contribution in [0.15, 0.2) is 17.4 Å². The van der Waals surface area contributed by atoms with Crippen molar-refractivity contribution in [3.8, 4) is 0 Å². The molecular formula is C11H19N3S. The summed E-state index contributed by atoms with van der Waals surface area (Å²) in [5.74, 6) is 2.53. The molecule has 84 valence electrons. The van der Waals surface area contributed by atoms with Crippen LogP contribution < -0.4 is 0 Å². The van der Waals surface area contributed by atoms with Crippen LogP contribution in [-0.4, -0.2) is 54.3 Å². The van der Waals surface area contributed by atoms with E-state index in [9.17, 15) is 0 Å². The van der Waals surface area contributed by atoms with E-state index < -0.39 is 0 Å². The molecule has 3 nitrogen and oxygen atoms in total. The molecular weight excluding hydrogens is 206 g/mol. The van der Waals surface area contributed by atoms with Crippen LogP contribution in [0.5, 0.6) is 0 Å². The second-order valence-electron chi connectivity index (χ2n) is 4.66. The molecule has 2 fully saturated rings. The van der Waals surface area contributed by atoms with Crippen LogP contribution in [0, 0.1) is 5.41 Å². The number of thioether (sulfide) groups is 1. The monoisotopic (exact) mass is 225 g/mol. The number of nitrogens with zero attached hydrogens (tertiary/aromatic N) is 3. The quantitative estimate of drug-likeness (QED) is 0.630. The highest BCUT2D eigenvalue weighted by atomic mass is 32.2. The Morgan fingerprint density at radius 1 is 1.47 bits per heavy atom. The van der Waals surface area contributed by atoms with Crippen LogP contribution in [0.25, 0.3) is 0 Å². The molecule has 15 heavy (non-hydrogen) atoms. The lowest BCUT2D eigenvalue weighted by atomic mass is 9.91. The van der Waals surface area contributed by atoms with E-state index in [2.05, 4.69) is 28.6 Å². The minimum Gasteiger partial charge on any atom is -0.300 e. The van der Waals surface area contributed by atoms with Crippen molar-refractivity contribution in [2.75, 3.05) is 38.2 Å². The van der Waals surface area contributed by atoms with Crippen LogP contribution in [0.4, 0.5) is 0 Å². The molecule has 2 heterocycles. The van der Waals surface area contributed by atoms with Crippen LogP contribution in [0.2, 0.25) is 0 Å². The maximum Gasteiger partial charge on any atom is 0.0497 e. The second-order valence-corrected chi connectivity index (χ2v) is 5.65. The molecule has 2 aliphatic heterocycles. The smallest absolute Gasteiger partial charge is 0.0497 e. The molecule has 2 aliphatic rings. The topological polar surface area (TPSA) is 18.8 Å². The van der Waals surface area contributed by atoms with Gasteiger partial charge in [-0.05, 0) is 14.0 Å². The van der Waals surface area contributed by atoms with E-state index >= 15 is 0 Å². The predicted molar refractivity (Wildman–Crippen MR) is 67.3 cm³/mol. The first kappa shape index (κ1) is 11.0. The van der Waals surface area contributed by atoms with E-state index in [4.69, 9.17) is 0 Å². The number of hydrogen-bond acceptors (Lipinski definition) is 4. The fourth-order valence-corrected chi connectivity index (χ4v) is 3.48. The Kier molecular flexibility index (Phi) is 3.07. The van der Waals surface area contributed by atoms with Gasteiger partial charge in [0.25, 0.3) is 0 Å². The number of hydrazone groups is 1. The fourth-order valence-electron chi connectivity index (χ4n) is 2.34. The molecule has 2 saturated heterocycles. The van der Waals surface area contributed by atoms with Crippen molar-refractivity contribution in [3.05, 3.63) is 12.3 Å². The summed E-state index contributed by atoms with van der Waals surface area (Å²) in [5, 5.41) is 6.50. The average molecular weight is 225 g/mol. The Morgan fingerprint density at radius 3 is 2.73 bits per heavy atom. The summed E-state index contributed by atoms with van der Waals surface area (Å²) in [4.78, 5) is 2.37. The molecule has 0 radical (unpaired) electrons. The summed E-state index contributed by atoms with van der Waals surface area (Å²) < 4.78 is 0. The number of likely N-dealkylation sites (N-methyl/N-ethyl adjacent to an activating group) is 1. The molecule has 0 bridgehead atoms. The summed E-state index contributed by atoms with van der Waals surface area (Å²) in [6, 6.07) is 0. The molecule has 2 rings (SSSR count). The van der Waals surface area contributed by atoms with Gasteiger partial charge in [-0.3, -0.25) is 9.91 Å². The first-order valence-electron chi connectivity index (χ1n) is 5.35. The van der Waals surface area contributed by atoms with Gasteiger partial charge < -0.3 is 0 Å². The maximum absolute atomic E-state index is 4.41. The van der Waals surface area contributed by atoms with Crippen LogP contribution in [-0.2, 0) is 0 Å². The Hall–Kier alpha value is -0.480. The van der Waals surface area contributed by atoms with Crippen molar-refractivity contribution in [1.29, 1.82) is 0 Å². The van der Waals surface area contributed by atoms with Gasteiger partial charge in [-0.1, -0.05) is 6.58 Å². The Bertz CT molecular complexity index is 284. The molecule has 0 aliphatic carbocycles. The van der Waals surface area contributed by atoms with Gasteiger partial charge >= 0.3 is 0 Å². The lowest BCUT2D eigenvalue weighted by molar-refractivity contribution is 0.206. The zero-order valence-corrected chi connectivity index (χ0v) is 10.4.